The van der Waals surface area contributed by atoms with Crippen molar-refractivity contribution in [3.8, 4) is 5.75 Å². The Morgan fingerprint density at radius 3 is 2.94 bits per heavy atom. The molecule has 1 aliphatic rings. The molecular formula is C12H15NO3. The molecule has 1 N–H and O–H groups in total. The van der Waals surface area contributed by atoms with Crippen molar-refractivity contribution < 1.29 is 14.3 Å². The number of nitrogens with one attached hydrogen (secondary N) is 1. The topological polar surface area (TPSA) is 47.6 Å². The van der Waals surface area contributed by atoms with Crippen molar-refractivity contribution in [2.45, 2.75) is 19.4 Å². The molecule has 1 aliphatic heterocycles. The lowest BCUT2D eigenvalue weighted by atomic mass is 10.1. The molecule has 0 aromatic heterocycles. The average molecular weight is 221 g/mol. The van der Waals surface area contributed by atoms with E-state index < -0.39 is 0 Å². The summed E-state index contributed by atoms with van der Waals surface area (Å²) in [6.07, 6.45) is 0. The fraction of sp³-hybridized carbons (Fsp3) is 0.417. The van der Waals surface area contributed by atoms with Crippen LogP contribution in [-0.2, 0) is 4.74 Å². The molecular weight excluding hydrogens is 206 g/mol. The molecule has 0 atom stereocenters. The molecule has 0 fully saturated rings. The third kappa shape index (κ3) is 1.96. The summed E-state index contributed by atoms with van der Waals surface area (Å²) in [4.78, 5) is 11.3. The minimum Gasteiger partial charge on any atom is -0.484 e. The van der Waals surface area contributed by atoms with Crippen LogP contribution in [0.3, 0.4) is 0 Å². The number of ether oxygens (including phenoxy) is 2. The maximum atomic E-state index is 11.3. The van der Waals surface area contributed by atoms with Gasteiger partial charge in [0.05, 0.1) is 24.9 Å². The number of fused-ring (bicyclic) bond motifs is 1. The molecule has 0 bridgehead atoms. The summed E-state index contributed by atoms with van der Waals surface area (Å²) in [6, 6.07) is 5.24. The monoisotopic (exact) mass is 221 g/mol. The first-order valence-electron chi connectivity index (χ1n) is 5.17. The largest absolute Gasteiger partial charge is 0.484 e. The Bertz CT molecular complexity index is 426. The molecule has 16 heavy (non-hydrogen) atoms. The lowest BCUT2D eigenvalue weighted by Crippen LogP contribution is -2.40. The maximum absolute atomic E-state index is 11.3. The Balaban J connectivity index is 2.32. The van der Waals surface area contributed by atoms with E-state index in [1.165, 1.54) is 7.11 Å². The Morgan fingerprint density at radius 2 is 2.25 bits per heavy atom. The van der Waals surface area contributed by atoms with E-state index in [0.29, 0.717) is 12.1 Å². The van der Waals surface area contributed by atoms with E-state index >= 15 is 0 Å². The van der Waals surface area contributed by atoms with Crippen LogP contribution in [0.1, 0.15) is 24.2 Å². The minimum absolute atomic E-state index is 0.222. The molecule has 86 valence electrons. The molecule has 0 unspecified atom stereocenters. The van der Waals surface area contributed by atoms with Crippen LogP contribution in [0, 0.1) is 0 Å². The summed E-state index contributed by atoms with van der Waals surface area (Å²) in [5.74, 6) is 0.429. The molecule has 1 aromatic carbocycles. The van der Waals surface area contributed by atoms with Crippen molar-refractivity contribution in [3.05, 3.63) is 23.8 Å². The Hall–Kier alpha value is -1.71. The van der Waals surface area contributed by atoms with Gasteiger partial charge in [0.15, 0.2) is 0 Å². The van der Waals surface area contributed by atoms with Crippen molar-refractivity contribution in [2.24, 2.45) is 0 Å². The smallest absolute Gasteiger partial charge is 0.337 e. The van der Waals surface area contributed by atoms with Gasteiger partial charge in [-0.05, 0) is 32.0 Å². The summed E-state index contributed by atoms with van der Waals surface area (Å²) in [5, 5.41) is 3.24. The standard InChI is InChI=1S/C12H15NO3/c1-12(2)7-13-9-6-8(11(14)15-3)4-5-10(9)16-12/h4-6,13H,7H2,1-3H3. The first kappa shape index (κ1) is 10.8. The first-order chi connectivity index (χ1) is 7.52. The number of hydrogen-bond acceptors (Lipinski definition) is 4. The summed E-state index contributed by atoms with van der Waals surface area (Å²) < 4.78 is 10.4. The molecule has 0 saturated heterocycles. The van der Waals surface area contributed by atoms with Crippen molar-refractivity contribution in [1.29, 1.82) is 0 Å². The molecule has 0 amide bonds. The zero-order chi connectivity index (χ0) is 11.8. The van der Waals surface area contributed by atoms with Gasteiger partial charge < -0.3 is 14.8 Å². The predicted molar refractivity (Wildman–Crippen MR) is 61.0 cm³/mol. The highest BCUT2D eigenvalue weighted by Gasteiger charge is 2.26. The summed E-state index contributed by atoms with van der Waals surface area (Å²) >= 11 is 0. The van der Waals surface area contributed by atoms with Gasteiger partial charge in [0.2, 0.25) is 0 Å². The van der Waals surface area contributed by atoms with Crippen LogP contribution in [0.15, 0.2) is 18.2 Å². The summed E-state index contributed by atoms with van der Waals surface area (Å²) in [6.45, 7) is 4.74. The van der Waals surface area contributed by atoms with E-state index in [-0.39, 0.29) is 11.6 Å². The van der Waals surface area contributed by atoms with Gasteiger partial charge in [-0.25, -0.2) is 4.79 Å². The molecule has 1 heterocycles. The van der Waals surface area contributed by atoms with Crippen LogP contribution in [0.4, 0.5) is 5.69 Å². The number of benzene rings is 1. The van der Waals surface area contributed by atoms with Crippen LogP contribution < -0.4 is 10.1 Å². The van der Waals surface area contributed by atoms with Gasteiger partial charge in [-0.2, -0.15) is 0 Å². The second-order valence-electron chi connectivity index (χ2n) is 4.42. The highest BCUT2D eigenvalue weighted by atomic mass is 16.5. The van der Waals surface area contributed by atoms with E-state index in [1.54, 1.807) is 18.2 Å². The van der Waals surface area contributed by atoms with E-state index in [2.05, 4.69) is 10.1 Å². The second-order valence-corrected chi connectivity index (χ2v) is 4.42. The van der Waals surface area contributed by atoms with Crippen LogP contribution >= 0.6 is 0 Å². The third-order valence-electron chi connectivity index (χ3n) is 2.49. The van der Waals surface area contributed by atoms with Crippen molar-refractivity contribution in [3.63, 3.8) is 0 Å². The van der Waals surface area contributed by atoms with Gasteiger partial charge >= 0.3 is 5.97 Å². The van der Waals surface area contributed by atoms with Crippen molar-refractivity contribution >= 4 is 11.7 Å². The van der Waals surface area contributed by atoms with Gasteiger partial charge in [-0.15, -0.1) is 0 Å². The summed E-state index contributed by atoms with van der Waals surface area (Å²) in [5.41, 5.74) is 1.14. The van der Waals surface area contributed by atoms with Crippen molar-refractivity contribution in [1.82, 2.24) is 0 Å². The SMILES string of the molecule is COC(=O)c1ccc2c(c1)NCC(C)(C)O2. The van der Waals surface area contributed by atoms with E-state index in [1.807, 2.05) is 13.8 Å². The van der Waals surface area contributed by atoms with Crippen molar-refractivity contribution in [2.75, 3.05) is 19.0 Å². The number of rotatable bonds is 1. The van der Waals surface area contributed by atoms with Crippen LogP contribution in [0.5, 0.6) is 5.75 Å². The second kappa shape index (κ2) is 3.70. The highest BCUT2D eigenvalue weighted by molar-refractivity contribution is 5.91. The number of hydrogen-bond donors (Lipinski definition) is 1. The number of esters is 1. The lowest BCUT2D eigenvalue weighted by molar-refractivity contribution is 0.0600. The van der Waals surface area contributed by atoms with Crippen LogP contribution in [0.25, 0.3) is 0 Å². The fourth-order valence-corrected chi connectivity index (χ4v) is 1.64. The van der Waals surface area contributed by atoms with Gasteiger partial charge in [0.25, 0.3) is 0 Å². The average Bonchev–Trinajstić information content (AvgIpc) is 2.26. The molecule has 4 heteroatoms. The fourth-order valence-electron chi connectivity index (χ4n) is 1.64. The van der Waals surface area contributed by atoms with E-state index in [9.17, 15) is 4.79 Å². The van der Waals surface area contributed by atoms with Gasteiger partial charge in [-0.1, -0.05) is 0 Å². The Labute approximate surface area is 94.6 Å². The molecule has 0 radical (unpaired) electrons. The minimum atomic E-state index is -0.338. The van der Waals surface area contributed by atoms with Gasteiger partial charge in [0, 0.05) is 0 Å². The first-order valence-corrected chi connectivity index (χ1v) is 5.17. The lowest BCUT2D eigenvalue weighted by Gasteiger charge is -2.33. The molecule has 0 saturated carbocycles. The number of carbonyl (C=O) groups excluding carboxylic acids is 1. The zero-order valence-corrected chi connectivity index (χ0v) is 9.66. The molecule has 2 rings (SSSR count). The molecule has 4 nitrogen and oxygen atoms in total. The molecule has 0 spiro atoms. The van der Waals surface area contributed by atoms with E-state index in [4.69, 9.17) is 4.74 Å². The number of methoxy groups -OCH3 is 1. The quantitative estimate of drug-likeness (QED) is 0.737. The highest BCUT2D eigenvalue weighted by Crippen LogP contribution is 2.33. The summed E-state index contributed by atoms with van der Waals surface area (Å²) in [7, 11) is 1.37. The Kier molecular flexibility index (Phi) is 2.50. The third-order valence-corrected chi connectivity index (χ3v) is 2.49. The van der Waals surface area contributed by atoms with Crippen LogP contribution in [0.2, 0.25) is 0 Å². The zero-order valence-electron chi connectivity index (χ0n) is 9.66. The number of carbonyl (C=O) groups is 1. The van der Waals surface area contributed by atoms with E-state index in [0.717, 1.165) is 11.4 Å². The molecule has 1 aromatic rings. The Morgan fingerprint density at radius 1 is 1.50 bits per heavy atom. The van der Waals surface area contributed by atoms with Gasteiger partial charge in [0.1, 0.15) is 11.4 Å². The molecule has 0 aliphatic carbocycles. The van der Waals surface area contributed by atoms with Crippen LogP contribution in [-0.4, -0.2) is 25.2 Å². The van der Waals surface area contributed by atoms with Gasteiger partial charge in [-0.3, -0.25) is 0 Å². The maximum Gasteiger partial charge on any atom is 0.337 e. The number of anilines is 1. The predicted octanol–water partition coefficient (Wildman–Crippen LogP) is 2.06. The normalized spacial score (nSPS) is 16.7.